The van der Waals surface area contributed by atoms with Crippen molar-refractivity contribution in [3.8, 4) is 12.3 Å². The molecule has 1 aliphatic heterocycles. The van der Waals surface area contributed by atoms with Crippen molar-refractivity contribution in [2.24, 2.45) is 10.2 Å². The first-order valence-electron chi connectivity index (χ1n) is 7.66. The third-order valence-corrected chi connectivity index (χ3v) is 4.05. The van der Waals surface area contributed by atoms with Crippen molar-refractivity contribution in [3.05, 3.63) is 35.3 Å². The van der Waals surface area contributed by atoms with Crippen LogP contribution in [0.4, 0.5) is 0 Å². The van der Waals surface area contributed by atoms with Crippen molar-refractivity contribution >= 4 is 11.6 Å². The number of aryl methyl sites for hydroxylation is 2. The number of carbonyl (C=O) groups excluding carboxylic acids is 1. The molecule has 23 heavy (non-hydrogen) atoms. The zero-order valence-electron chi connectivity index (χ0n) is 13.3. The van der Waals surface area contributed by atoms with Crippen LogP contribution < -0.4 is 5.32 Å². The van der Waals surface area contributed by atoms with Gasteiger partial charge in [0.2, 0.25) is 0 Å². The fraction of sp³-hybridized carbons (Fsp3) is 0.412. The third kappa shape index (κ3) is 3.09. The fourth-order valence-corrected chi connectivity index (χ4v) is 2.71. The molecule has 0 bridgehead atoms. The van der Waals surface area contributed by atoms with E-state index in [0.29, 0.717) is 30.6 Å². The predicted octanol–water partition coefficient (Wildman–Crippen LogP) is 2.65. The standard InChI is InChI=1S/C17H19N5O/c1-4-5-7-17(20-21-17)8-9-18-16(23)14-6-10-22-13(3)11-12(2)19-15(14)22/h1,6,10-11H,5,7-9H2,2-3H3,(H,18,23). The minimum atomic E-state index is -0.367. The maximum atomic E-state index is 12.4. The van der Waals surface area contributed by atoms with Gasteiger partial charge in [-0.2, -0.15) is 10.2 Å². The molecular formula is C17H19N5O. The fourth-order valence-electron chi connectivity index (χ4n) is 2.71. The minimum absolute atomic E-state index is 0.127. The Labute approximate surface area is 135 Å². The Hall–Kier alpha value is -2.68. The normalized spacial score (nSPS) is 14.7. The molecule has 3 rings (SSSR count). The lowest BCUT2D eigenvalue weighted by molar-refractivity contribution is 0.0953. The average Bonchev–Trinajstić information content (AvgIpc) is 3.14. The van der Waals surface area contributed by atoms with Crippen LogP contribution in [-0.4, -0.2) is 27.5 Å². The molecule has 0 fully saturated rings. The average molecular weight is 309 g/mol. The van der Waals surface area contributed by atoms with Crippen LogP contribution in [0.15, 0.2) is 28.6 Å². The second-order valence-electron chi connectivity index (χ2n) is 5.85. The van der Waals surface area contributed by atoms with Crippen LogP contribution in [0.2, 0.25) is 0 Å². The Kier molecular flexibility index (Phi) is 3.87. The van der Waals surface area contributed by atoms with E-state index < -0.39 is 0 Å². The molecule has 3 heterocycles. The minimum Gasteiger partial charge on any atom is -0.352 e. The molecule has 118 valence electrons. The highest BCUT2D eigenvalue weighted by molar-refractivity contribution is 6.00. The van der Waals surface area contributed by atoms with Crippen molar-refractivity contribution in [2.75, 3.05) is 6.54 Å². The Morgan fingerprint density at radius 1 is 1.39 bits per heavy atom. The largest absolute Gasteiger partial charge is 0.352 e. The van der Waals surface area contributed by atoms with E-state index in [0.717, 1.165) is 17.8 Å². The molecule has 1 N–H and O–H groups in total. The summed E-state index contributed by atoms with van der Waals surface area (Å²) in [7, 11) is 0. The third-order valence-electron chi connectivity index (χ3n) is 4.05. The molecule has 1 amide bonds. The van der Waals surface area contributed by atoms with Gasteiger partial charge in [-0.1, -0.05) is 0 Å². The summed E-state index contributed by atoms with van der Waals surface area (Å²) in [5.74, 6) is 2.47. The van der Waals surface area contributed by atoms with Crippen LogP contribution in [0.3, 0.4) is 0 Å². The highest BCUT2D eigenvalue weighted by Crippen LogP contribution is 2.36. The van der Waals surface area contributed by atoms with Gasteiger partial charge in [0.25, 0.3) is 5.91 Å². The van der Waals surface area contributed by atoms with Gasteiger partial charge in [0.05, 0.1) is 5.56 Å². The lowest BCUT2D eigenvalue weighted by atomic mass is 10.0. The summed E-state index contributed by atoms with van der Waals surface area (Å²) < 4.78 is 1.92. The molecule has 0 spiro atoms. The van der Waals surface area contributed by atoms with E-state index in [1.54, 1.807) is 6.07 Å². The Morgan fingerprint density at radius 2 is 2.17 bits per heavy atom. The summed E-state index contributed by atoms with van der Waals surface area (Å²) >= 11 is 0. The maximum absolute atomic E-state index is 12.4. The highest BCUT2D eigenvalue weighted by atomic mass is 16.1. The van der Waals surface area contributed by atoms with Crippen molar-refractivity contribution in [1.29, 1.82) is 0 Å². The smallest absolute Gasteiger partial charge is 0.255 e. The van der Waals surface area contributed by atoms with Gasteiger partial charge in [0.1, 0.15) is 5.65 Å². The van der Waals surface area contributed by atoms with Gasteiger partial charge in [-0.05, 0) is 26.0 Å². The molecule has 0 atom stereocenters. The Balaban J connectivity index is 1.64. The topological polar surface area (TPSA) is 71.1 Å². The van der Waals surface area contributed by atoms with Crippen molar-refractivity contribution in [3.63, 3.8) is 0 Å². The zero-order valence-corrected chi connectivity index (χ0v) is 13.3. The van der Waals surface area contributed by atoms with E-state index in [4.69, 9.17) is 6.42 Å². The van der Waals surface area contributed by atoms with Gasteiger partial charge in [0, 0.05) is 43.4 Å². The zero-order chi connectivity index (χ0) is 16.4. The van der Waals surface area contributed by atoms with Gasteiger partial charge in [-0.3, -0.25) is 4.79 Å². The molecule has 1 aliphatic rings. The number of rotatable bonds is 6. The van der Waals surface area contributed by atoms with Crippen molar-refractivity contribution < 1.29 is 4.79 Å². The summed E-state index contributed by atoms with van der Waals surface area (Å²) in [4.78, 5) is 16.9. The van der Waals surface area contributed by atoms with Crippen LogP contribution in [0.25, 0.3) is 5.65 Å². The summed E-state index contributed by atoms with van der Waals surface area (Å²) in [6, 6.07) is 3.78. The first-order valence-corrected chi connectivity index (χ1v) is 7.66. The predicted molar refractivity (Wildman–Crippen MR) is 87.3 cm³/mol. The number of carbonyl (C=O) groups is 1. The van der Waals surface area contributed by atoms with Gasteiger partial charge in [0.15, 0.2) is 5.66 Å². The van der Waals surface area contributed by atoms with Crippen LogP contribution in [0.5, 0.6) is 0 Å². The summed E-state index contributed by atoms with van der Waals surface area (Å²) in [5.41, 5.74) is 2.84. The number of hydrogen-bond acceptors (Lipinski definition) is 4. The SMILES string of the molecule is C#CCCC1(CCNC(=O)c2ccn3c(C)cc(C)nc23)N=N1. The molecule has 0 radical (unpaired) electrons. The van der Waals surface area contributed by atoms with Crippen LogP contribution in [0.1, 0.15) is 41.0 Å². The van der Waals surface area contributed by atoms with Crippen molar-refractivity contribution in [2.45, 2.75) is 38.8 Å². The second kappa shape index (κ2) is 5.84. The molecule has 0 aromatic carbocycles. The maximum Gasteiger partial charge on any atom is 0.255 e. The number of hydrogen-bond donors (Lipinski definition) is 1. The quantitative estimate of drug-likeness (QED) is 0.833. The molecule has 0 saturated carbocycles. The van der Waals surface area contributed by atoms with Gasteiger partial charge in [-0.15, -0.1) is 12.3 Å². The van der Waals surface area contributed by atoms with Crippen LogP contribution >= 0.6 is 0 Å². The molecule has 0 aliphatic carbocycles. The summed E-state index contributed by atoms with van der Waals surface area (Å²) in [5, 5.41) is 11.1. The summed E-state index contributed by atoms with van der Waals surface area (Å²) in [6.45, 7) is 4.43. The van der Waals surface area contributed by atoms with Crippen molar-refractivity contribution in [1.82, 2.24) is 14.7 Å². The molecule has 0 saturated heterocycles. The first-order chi connectivity index (χ1) is 11.0. The molecule has 6 nitrogen and oxygen atoms in total. The number of nitrogens with one attached hydrogen (secondary N) is 1. The highest BCUT2D eigenvalue weighted by Gasteiger charge is 2.38. The number of fused-ring (bicyclic) bond motifs is 1. The Morgan fingerprint density at radius 3 is 2.87 bits per heavy atom. The monoisotopic (exact) mass is 309 g/mol. The van der Waals surface area contributed by atoms with Crippen LogP contribution in [0, 0.1) is 26.2 Å². The lowest BCUT2D eigenvalue weighted by Crippen LogP contribution is -2.28. The molecule has 6 heteroatoms. The van der Waals surface area contributed by atoms with E-state index in [1.807, 2.05) is 30.5 Å². The number of nitrogens with zero attached hydrogens (tertiary/aromatic N) is 4. The van der Waals surface area contributed by atoms with E-state index in [1.165, 1.54) is 0 Å². The number of aromatic nitrogens is 2. The summed E-state index contributed by atoms with van der Waals surface area (Å²) in [6.07, 6.45) is 9.21. The number of amides is 1. The van der Waals surface area contributed by atoms with E-state index in [9.17, 15) is 4.79 Å². The van der Waals surface area contributed by atoms with E-state index >= 15 is 0 Å². The molecular weight excluding hydrogens is 290 g/mol. The van der Waals surface area contributed by atoms with Gasteiger partial charge in [-0.25, -0.2) is 4.98 Å². The van der Waals surface area contributed by atoms with E-state index in [2.05, 4.69) is 26.4 Å². The molecule has 2 aromatic heterocycles. The Bertz CT molecular complexity index is 821. The van der Waals surface area contributed by atoms with Gasteiger partial charge >= 0.3 is 0 Å². The molecule has 2 aromatic rings. The number of terminal acetylenes is 1. The molecule has 0 unspecified atom stereocenters. The second-order valence-corrected chi connectivity index (χ2v) is 5.85. The first kappa shape index (κ1) is 15.2. The van der Waals surface area contributed by atoms with E-state index in [-0.39, 0.29) is 11.6 Å². The lowest BCUT2D eigenvalue weighted by Gasteiger charge is -2.09. The van der Waals surface area contributed by atoms with Crippen LogP contribution in [-0.2, 0) is 0 Å². The van der Waals surface area contributed by atoms with Gasteiger partial charge < -0.3 is 9.72 Å².